The molecule has 0 aliphatic heterocycles. The van der Waals surface area contributed by atoms with E-state index < -0.39 is 0 Å². The molecule has 94 valence electrons. The molecule has 7 heteroatoms. The van der Waals surface area contributed by atoms with Crippen molar-refractivity contribution < 1.29 is 9.59 Å². The summed E-state index contributed by atoms with van der Waals surface area (Å²) in [5.41, 5.74) is 0. The molecule has 0 bridgehead atoms. The van der Waals surface area contributed by atoms with E-state index in [1.807, 2.05) is 0 Å². The van der Waals surface area contributed by atoms with Crippen LogP contribution in [0.5, 0.6) is 0 Å². The number of carbonyl (C=O) groups is 2. The van der Waals surface area contributed by atoms with Gasteiger partial charge in [-0.25, -0.2) is 9.97 Å². The van der Waals surface area contributed by atoms with Gasteiger partial charge in [0.05, 0.1) is 21.0 Å². The fourth-order valence-electron chi connectivity index (χ4n) is 1.35. The molecule has 0 spiro atoms. The van der Waals surface area contributed by atoms with Crippen LogP contribution >= 0.6 is 22.7 Å². The minimum absolute atomic E-state index is 0.619. The van der Waals surface area contributed by atoms with Gasteiger partial charge < -0.3 is 5.32 Å². The van der Waals surface area contributed by atoms with E-state index in [4.69, 9.17) is 0 Å². The largest absolute Gasteiger partial charge is 0.361 e. The van der Waals surface area contributed by atoms with Gasteiger partial charge in [-0.3, -0.25) is 9.59 Å². The summed E-state index contributed by atoms with van der Waals surface area (Å²) in [4.78, 5) is 30.5. The molecule has 2 aromatic heterocycles. The summed E-state index contributed by atoms with van der Waals surface area (Å²) in [7, 11) is 0. The predicted molar refractivity (Wildman–Crippen MR) is 71.8 cm³/mol. The second-order valence-electron chi connectivity index (χ2n) is 3.49. The molecule has 5 nitrogen and oxygen atoms in total. The van der Waals surface area contributed by atoms with Gasteiger partial charge >= 0.3 is 0 Å². The highest BCUT2D eigenvalue weighted by atomic mass is 32.1. The van der Waals surface area contributed by atoms with E-state index in [-0.39, 0.29) is 0 Å². The average Bonchev–Trinajstić information content (AvgIpc) is 3.03. The number of nitrogens with zero attached hydrogens (tertiary/aromatic N) is 2. The Balaban J connectivity index is 1.72. The highest BCUT2D eigenvalue weighted by Gasteiger charge is 2.02. The van der Waals surface area contributed by atoms with Crippen LogP contribution in [0.2, 0.25) is 0 Å². The van der Waals surface area contributed by atoms with Crippen molar-refractivity contribution in [2.45, 2.75) is 12.8 Å². The third-order valence-electron chi connectivity index (χ3n) is 2.17. The van der Waals surface area contributed by atoms with Crippen molar-refractivity contribution in [3.05, 3.63) is 27.2 Å². The number of carbonyl (C=O) groups excluding carboxylic acids is 2. The van der Waals surface area contributed by atoms with Gasteiger partial charge in [-0.05, 0) is 6.42 Å². The van der Waals surface area contributed by atoms with E-state index in [1.54, 1.807) is 12.4 Å². The summed E-state index contributed by atoms with van der Waals surface area (Å²) in [6.07, 6.45) is 6.49. The zero-order valence-corrected chi connectivity index (χ0v) is 11.1. The monoisotopic (exact) mass is 281 g/mol. The van der Waals surface area contributed by atoms with Crippen LogP contribution in [0.25, 0.3) is 0 Å². The SMILES string of the molecule is O=Cc1cnc(CCCNc2ncc(C=O)s2)s1. The Kier molecular flexibility index (Phi) is 4.54. The molecule has 1 N–H and O–H groups in total. The molecule has 0 unspecified atom stereocenters. The molecule has 0 aliphatic carbocycles. The number of hydrogen-bond donors (Lipinski definition) is 1. The fourth-order valence-corrected chi connectivity index (χ4v) is 2.79. The molecule has 0 fully saturated rings. The molecule has 0 amide bonds. The second-order valence-corrected chi connectivity index (χ2v) is 5.70. The summed E-state index contributed by atoms with van der Waals surface area (Å²) in [6, 6.07) is 0. The maximum absolute atomic E-state index is 10.5. The number of hydrogen-bond acceptors (Lipinski definition) is 7. The zero-order valence-electron chi connectivity index (χ0n) is 9.46. The highest BCUT2D eigenvalue weighted by molar-refractivity contribution is 7.17. The number of aryl methyl sites for hydroxylation is 1. The molecule has 2 rings (SSSR count). The predicted octanol–water partition coefficient (Wildman–Crippen LogP) is 2.27. The topological polar surface area (TPSA) is 72.0 Å². The second kappa shape index (κ2) is 6.36. The molecule has 0 aliphatic rings. The van der Waals surface area contributed by atoms with Crippen LogP contribution < -0.4 is 5.32 Å². The van der Waals surface area contributed by atoms with Gasteiger partial charge in [-0.2, -0.15) is 0 Å². The molecule has 2 heterocycles. The molecule has 0 radical (unpaired) electrons. The van der Waals surface area contributed by atoms with Crippen LogP contribution in [0.4, 0.5) is 5.13 Å². The first-order valence-electron chi connectivity index (χ1n) is 5.36. The first kappa shape index (κ1) is 12.8. The van der Waals surface area contributed by atoms with Crippen molar-refractivity contribution in [3.8, 4) is 0 Å². The van der Waals surface area contributed by atoms with E-state index in [9.17, 15) is 9.59 Å². The van der Waals surface area contributed by atoms with Crippen LogP contribution in [-0.4, -0.2) is 29.1 Å². The van der Waals surface area contributed by atoms with Gasteiger partial charge in [-0.15, -0.1) is 11.3 Å². The summed E-state index contributed by atoms with van der Waals surface area (Å²) < 4.78 is 0. The van der Waals surface area contributed by atoms with Crippen LogP contribution in [0.15, 0.2) is 12.4 Å². The third-order valence-corrected chi connectivity index (χ3v) is 4.03. The van der Waals surface area contributed by atoms with Crippen molar-refractivity contribution in [1.29, 1.82) is 0 Å². The van der Waals surface area contributed by atoms with Crippen molar-refractivity contribution in [3.63, 3.8) is 0 Å². The summed E-state index contributed by atoms with van der Waals surface area (Å²) in [6.45, 7) is 0.766. The Labute approximate surface area is 112 Å². The molecular weight excluding hydrogens is 270 g/mol. The lowest BCUT2D eigenvalue weighted by Gasteiger charge is -2.00. The Morgan fingerprint density at radius 2 is 1.83 bits per heavy atom. The van der Waals surface area contributed by atoms with Gasteiger partial charge in [-0.1, -0.05) is 11.3 Å². The standard InChI is InChI=1S/C11H11N3O2S2/c15-6-8-4-13-10(17-8)2-1-3-12-11-14-5-9(7-16)18-11/h4-7H,1-3H2,(H,12,14). The lowest BCUT2D eigenvalue weighted by molar-refractivity contribution is 0.111. The Morgan fingerprint density at radius 3 is 2.50 bits per heavy atom. The molecule has 0 atom stereocenters. The minimum atomic E-state index is 0.619. The van der Waals surface area contributed by atoms with E-state index in [1.165, 1.54) is 22.7 Å². The highest BCUT2D eigenvalue weighted by Crippen LogP contribution is 2.16. The average molecular weight is 281 g/mol. The fraction of sp³-hybridized carbons (Fsp3) is 0.273. The maximum atomic E-state index is 10.5. The van der Waals surface area contributed by atoms with Gasteiger partial charge in [0.25, 0.3) is 0 Å². The number of aldehydes is 2. The Bertz CT molecular complexity index is 488. The van der Waals surface area contributed by atoms with Crippen molar-refractivity contribution in [2.75, 3.05) is 11.9 Å². The normalized spacial score (nSPS) is 10.2. The molecule has 18 heavy (non-hydrogen) atoms. The van der Waals surface area contributed by atoms with Crippen LogP contribution in [0.1, 0.15) is 30.8 Å². The molecule has 2 aromatic rings. The Hall–Kier alpha value is -1.60. The van der Waals surface area contributed by atoms with Crippen LogP contribution in [0.3, 0.4) is 0 Å². The summed E-state index contributed by atoms with van der Waals surface area (Å²) >= 11 is 2.76. The van der Waals surface area contributed by atoms with Gasteiger partial charge in [0.1, 0.15) is 0 Å². The number of thiazole rings is 2. The first-order valence-corrected chi connectivity index (χ1v) is 7.00. The minimum Gasteiger partial charge on any atom is -0.361 e. The number of nitrogens with one attached hydrogen (secondary N) is 1. The smallest absolute Gasteiger partial charge is 0.183 e. The van der Waals surface area contributed by atoms with Crippen molar-refractivity contribution >= 4 is 40.4 Å². The number of rotatable bonds is 7. The molecule has 0 saturated heterocycles. The van der Waals surface area contributed by atoms with E-state index >= 15 is 0 Å². The lowest BCUT2D eigenvalue weighted by atomic mass is 10.3. The first-order chi connectivity index (χ1) is 8.81. The lowest BCUT2D eigenvalue weighted by Crippen LogP contribution is -2.02. The molecule has 0 saturated carbocycles. The molecular formula is C11H11N3O2S2. The number of anilines is 1. The van der Waals surface area contributed by atoms with Gasteiger partial charge in [0, 0.05) is 19.2 Å². The van der Waals surface area contributed by atoms with Gasteiger partial charge in [0.15, 0.2) is 17.7 Å². The van der Waals surface area contributed by atoms with Crippen molar-refractivity contribution in [1.82, 2.24) is 9.97 Å². The van der Waals surface area contributed by atoms with Crippen LogP contribution in [0, 0.1) is 0 Å². The van der Waals surface area contributed by atoms with E-state index in [0.717, 1.165) is 42.1 Å². The zero-order chi connectivity index (χ0) is 12.8. The van der Waals surface area contributed by atoms with E-state index in [2.05, 4.69) is 15.3 Å². The molecule has 0 aromatic carbocycles. The summed E-state index contributed by atoms with van der Waals surface area (Å²) in [5, 5.41) is 4.87. The third kappa shape index (κ3) is 3.44. The maximum Gasteiger partial charge on any atom is 0.183 e. The number of aromatic nitrogens is 2. The van der Waals surface area contributed by atoms with Gasteiger partial charge in [0.2, 0.25) is 0 Å². The van der Waals surface area contributed by atoms with Crippen LogP contribution in [-0.2, 0) is 6.42 Å². The van der Waals surface area contributed by atoms with E-state index in [0.29, 0.717) is 9.75 Å². The van der Waals surface area contributed by atoms with Crippen molar-refractivity contribution in [2.24, 2.45) is 0 Å². The Morgan fingerprint density at radius 1 is 1.11 bits per heavy atom. The summed E-state index contributed by atoms with van der Waals surface area (Å²) in [5.74, 6) is 0. The quantitative estimate of drug-likeness (QED) is 0.622.